The van der Waals surface area contributed by atoms with Gasteiger partial charge in [-0.2, -0.15) is 0 Å². The van der Waals surface area contributed by atoms with E-state index in [9.17, 15) is 4.79 Å². The van der Waals surface area contributed by atoms with Crippen LogP contribution in [0.2, 0.25) is 0 Å². The molecule has 0 amide bonds. The third-order valence-electron chi connectivity index (χ3n) is 0.539. The number of aldehydes is 1. The second-order valence-electron chi connectivity index (χ2n) is 1.20. The van der Waals surface area contributed by atoms with Gasteiger partial charge in [-0.15, -0.1) is 0 Å². The Morgan fingerprint density at radius 3 is 3.00 bits per heavy atom. The molecule has 1 N–H and O–H groups in total. The zero-order chi connectivity index (χ0) is 6.24. The van der Waals surface area contributed by atoms with Crippen molar-refractivity contribution in [2.45, 2.75) is 13.3 Å². The van der Waals surface area contributed by atoms with Crippen molar-refractivity contribution in [1.29, 1.82) is 0 Å². The molecule has 0 spiro atoms. The molecule has 0 atom stereocenters. The summed E-state index contributed by atoms with van der Waals surface area (Å²) in [4.78, 5) is 9.64. The molecule has 8 heavy (non-hydrogen) atoms. The van der Waals surface area contributed by atoms with Gasteiger partial charge in [-0.1, -0.05) is 12.8 Å². The van der Waals surface area contributed by atoms with Crippen LogP contribution in [0.15, 0.2) is 0 Å². The molecule has 0 aromatic carbocycles. The Bertz CT molecular complexity index is 109. The van der Waals surface area contributed by atoms with E-state index < -0.39 is 0 Å². The molecule has 2 nitrogen and oxygen atoms in total. The van der Waals surface area contributed by atoms with Gasteiger partial charge in [-0.25, -0.2) is 0 Å². The minimum Gasteiger partial charge on any atom is -0.339 e. The normalized spacial score (nSPS) is 6.62. The zero-order valence-corrected chi connectivity index (χ0v) is 4.90. The van der Waals surface area contributed by atoms with Gasteiger partial charge in [-0.3, -0.25) is 0 Å². The van der Waals surface area contributed by atoms with Crippen LogP contribution in [0, 0.1) is 12.0 Å². The molecule has 0 aliphatic heterocycles. The lowest BCUT2D eigenvalue weighted by Gasteiger charge is -1.81. The second kappa shape index (κ2) is 6.03. The van der Waals surface area contributed by atoms with Gasteiger partial charge in [-0.05, 0) is 0 Å². The lowest BCUT2D eigenvalue weighted by molar-refractivity contribution is -0.107. The van der Waals surface area contributed by atoms with Crippen molar-refractivity contribution in [2.24, 2.45) is 0 Å². The number of hydrogen-bond acceptors (Lipinski definition) is 2. The van der Waals surface area contributed by atoms with Gasteiger partial charge in [0.2, 0.25) is 0 Å². The highest BCUT2D eigenvalue weighted by molar-refractivity contribution is 5.52. The minimum absolute atomic E-state index is 0.326. The van der Waals surface area contributed by atoms with Crippen LogP contribution >= 0.6 is 0 Å². The molecule has 0 saturated carbocycles. The average Bonchev–Trinajstić information content (AvgIpc) is 1.81. The summed E-state index contributed by atoms with van der Waals surface area (Å²) < 4.78 is 0. The van der Waals surface area contributed by atoms with E-state index in [1.165, 1.54) is 0 Å². The third kappa shape index (κ3) is 5.03. The van der Waals surface area contributed by atoms with Crippen LogP contribution in [0.4, 0.5) is 0 Å². The number of hydrogen-bond donors (Lipinski definition) is 1. The van der Waals surface area contributed by atoms with Gasteiger partial charge < -0.3 is 10.1 Å². The Morgan fingerprint density at radius 2 is 2.50 bits per heavy atom. The van der Waals surface area contributed by atoms with Crippen molar-refractivity contribution in [3.8, 4) is 12.0 Å². The van der Waals surface area contributed by atoms with Gasteiger partial charge in [0.1, 0.15) is 6.29 Å². The molecule has 2 heteroatoms. The molecule has 0 aliphatic rings. The summed E-state index contributed by atoms with van der Waals surface area (Å²) in [6.45, 7) is 2.28. The first-order valence-corrected chi connectivity index (χ1v) is 2.56. The number of nitrogens with one attached hydrogen (secondary N) is 1. The summed E-state index contributed by atoms with van der Waals surface area (Å²) in [6, 6.07) is 2.60. The van der Waals surface area contributed by atoms with Gasteiger partial charge in [0.25, 0.3) is 0 Å². The topological polar surface area (TPSA) is 29.1 Å². The summed E-state index contributed by atoms with van der Waals surface area (Å²) in [5.41, 5.74) is 0. The molecular formula is C6H9NO. The monoisotopic (exact) mass is 111 g/mol. The van der Waals surface area contributed by atoms with Crippen LogP contribution in [-0.4, -0.2) is 12.8 Å². The molecule has 44 valence electrons. The molecule has 0 radical (unpaired) electrons. The predicted octanol–water partition coefficient (Wildman–Crippen LogP) is 0.146. The van der Waals surface area contributed by atoms with E-state index >= 15 is 0 Å². The average molecular weight is 111 g/mol. The van der Waals surface area contributed by atoms with E-state index in [1.807, 2.05) is 6.92 Å². The molecule has 0 aromatic rings. The van der Waals surface area contributed by atoms with Crippen LogP contribution in [0.1, 0.15) is 13.3 Å². The van der Waals surface area contributed by atoms with E-state index in [0.29, 0.717) is 6.54 Å². The molecule has 0 fully saturated rings. The van der Waals surface area contributed by atoms with E-state index in [1.54, 1.807) is 0 Å². The van der Waals surface area contributed by atoms with Gasteiger partial charge in [0.05, 0.1) is 6.54 Å². The Kier molecular flexibility index (Phi) is 5.30. The molecule has 0 rings (SSSR count). The molecule has 0 heterocycles. The van der Waals surface area contributed by atoms with Gasteiger partial charge >= 0.3 is 0 Å². The maximum absolute atomic E-state index is 9.64. The van der Waals surface area contributed by atoms with E-state index in [2.05, 4.69) is 17.3 Å². The quantitative estimate of drug-likeness (QED) is 0.238. The molecule has 0 aromatic heterocycles. The highest BCUT2D eigenvalue weighted by Gasteiger charge is 1.68. The van der Waals surface area contributed by atoms with Crippen LogP contribution in [-0.2, 0) is 4.79 Å². The van der Waals surface area contributed by atoms with Crippen molar-refractivity contribution in [2.75, 3.05) is 6.54 Å². The molecular weight excluding hydrogens is 102 g/mol. The smallest absolute Gasteiger partial charge is 0.139 e. The largest absolute Gasteiger partial charge is 0.339 e. The third-order valence-corrected chi connectivity index (χ3v) is 0.539. The highest BCUT2D eigenvalue weighted by atomic mass is 16.1. The standard InChI is InChI=1S/C6H9NO/c1-2-3-4-7-5-6-8/h6-7H,2,5H2,1H3. The summed E-state index contributed by atoms with van der Waals surface area (Å²) in [5, 5.41) is 2.61. The number of carbonyl (C=O) groups is 1. The Labute approximate surface area is 49.3 Å². The summed E-state index contributed by atoms with van der Waals surface area (Å²) in [5.74, 6) is 2.76. The lowest BCUT2D eigenvalue weighted by Crippen LogP contribution is -2.07. The van der Waals surface area contributed by atoms with E-state index in [-0.39, 0.29) is 0 Å². The van der Waals surface area contributed by atoms with E-state index in [0.717, 1.165) is 12.7 Å². The predicted molar refractivity (Wildman–Crippen MR) is 32.1 cm³/mol. The first-order chi connectivity index (χ1) is 3.91. The van der Waals surface area contributed by atoms with Gasteiger partial charge in [0, 0.05) is 12.5 Å². The van der Waals surface area contributed by atoms with Crippen LogP contribution < -0.4 is 5.32 Å². The fourth-order valence-electron chi connectivity index (χ4n) is 0.244. The van der Waals surface area contributed by atoms with Gasteiger partial charge in [0.15, 0.2) is 0 Å². The summed E-state index contributed by atoms with van der Waals surface area (Å²) in [7, 11) is 0. The lowest BCUT2D eigenvalue weighted by atomic mass is 10.5. The second-order valence-corrected chi connectivity index (χ2v) is 1.20. The fourth-order valence-corrected chi connectivity index (χ4v) is 0.244. The zero-order valence-electron chi connectivity index (χ0n) is 4.90. The van der Waals surface area contributed by atoms with E-state index in [4.69, 9.17) is 0 Å². The number of carbonyl (C=O) groups excluding carboxylic acids is 1. The Morgan fingerprint density at radius 1 is 1.75 bits per heavy atom. The molecule has 0 saturated heterocycles. The first-order valence-electron chi connectivity index (χ1n) is 2.56. The molecule has 0 bridgehead atoms. The maximum atomic E-state index is 9.64. The highest BCUT2D eigenvalue weighted by Crippen LogP contribution is 1.62. The summed E-state index contributed by atoms with van der Waals surface area (Å²) in [6.07, 6.45) is 1.61. The van der Waals surface area contributed by atoms with Crippen LogP contribution in [0.3, 0.4) is 0 Å². The van der Waals surface area contributed by atoms with Crippen LogP contribution in [0.5, 0.6) is 0 Å². The maximum Gasteiger partial charge on any atom is 0.139 e. The van der Waals surface area contributed by atoms with Crippen molar-refractivity contribution < 1.29 is 4.79 Å². The minimum atomic E-state index is 0.326. The molecule has 0 unspecified atom stereocenters. The first kappa shape index (κ1) is 7.03. The Hall–Kier alpha value is -0.970. The van der Waals surface area contributed by atoms with Crippen molar-refractivity contribution in [3.63, 3.8) is 0 Å². The number of rotatable bonds is 2. The van der Waals surface area contributed by atoms with Crippen molar-refractivity contribution in [3.05, 3.63) is 0 Å². The SMILES string of the molecule is CCC#CNCC=O. The van der Waals surface area contributed by atoms with Crippen LogP contribution in [0.25, 0.3) is 0 Å². The fraction of sp³-hybridized carbons (Fsp3) is 0.500. The summed E-state index contributed by atoms with van der Waals surface area (Å²) >= 11 is 0. The molecule has 0 aliphatic carbocycles. The van der Waals surface area contributed by atoms with Crippen molar-refractivity contribution >= 4 is 6.29 Å². The Balaban J connectivity index is 3.02. The van der Waals surface area contributed by atoms with Crippen molar-refractivity contribution in [1.82, 2.24) is 5.32 Å².